The average Bonchev–Trinajstić information content (AvgIpc) is 3.03. The molecule has 1 amide bonds. The Bertz CT molecular complexity index is 981. The van der Waals surface area contributed by atoms with Gasteiger partial charge in [-0.3, -0.25) is 4.79 Å². The largest absolute Gasteiger partial charge is 0.352 e. The van der Waals surface area contributed by atoms with E-state index in [1.807, 2.05) is 30.5 Å². The fraction of sp³-hybridized carbons (Fsp3) is 0.389. The van der Waals surface area contributed by atoms with E-state index in [1.165, 1.54) is 0 Å². The van der Waals surface area contributed by atoms with E-state index in [2.05, 4.69) is 42.6 Å². The van der Waals surface area contributed by atoms with Crippen molar-refractivity contribution in [2.45, 2.75) is 26.8 Å². The van der Waals surface area contributed by atoms with Crippen LogP contribution < -0.4 is 15.5 Å². The van der Waals surface area contributed by atoms with E-state index in [0.717, 1.165) is 36.8 Å². The minimum Gasteiger partial charge on any atom is -0.352 e. The zero-order chi connectivity index (χ0) is 19.0. The number of fused-ring (bicyclic) bond motifs is 1. The molecule has 0 radical (unpaired) electrons. The maximum Gasteiger partial charge on any atom is 0.277 e. The van der Waals surface area contributed by atoms with E-state index < -0.39 is 0 Å². The Balaban J connectivity index is 1.49. The van der Waals surface area contributed by atoms with Gasteiger partial charge < -0.3 is 19.9 Å². The molecule has 9 heteroatoms. The molecule has 1 aliphatic heterocycles. The lowest BCUT2D eigenvalue weighted by Crippen LogP contribution is -2.49. The van der Waals surface area contributed by atoms with E-state index in [0.29, 0.717) is 23.2 Å². The molecule has 2 N–H and O–H groups in total. The summed E-state index contributed by atoms with van der Waals surface area (Å²) < 4.78 is 1.81. The topological polar surface area (TPSA) is 100 Å². The minimum absolute atomic E-state index is 0.305. The Hall–Kier alpha value is -3.07. The molecule has 140 valence electrons. The molecule has 1 aliphatic rings. The van der Waals surface area contributed by atoms with Crippen molar-refractivity contribution in [2.24, 2.45) is 0 Å². The zero-order valence-electron chi connectivity index (χ0n) is 15.6. The minimum atomic E-state index is -0.329. The molecule has 0 bridgehead atoms. The van der Waals surface area contributed by atoms with Crippen molar-refractivity contribution < 1.29 is 4.79 Å². The number of hydrogen-bond acceptors (Lipinski definition) is 7. The second-order valence-corrected chi connectivity index (χ2v) is 6.86. The van der Waals surface area contributed by atoms with Gasteiger partial charge in [0.25, 0.3) is 5.91 Å². The molecule has 1 unspecified atom stereocenters. The van der Waals surface area contributed by atoms with Gasteiger partial charge in [-0.2, -0.15) is 0 Å². The van der Waals surface area contributed by atoms with Crippen LogP contribution >= 0.6 is 0 Å². The Morgan fingerprint density at radius 3 is 2.81 bits per heavy atom. The van der Waals surface area contributed by atoms with Crippen LogP contribution in [0.5, 0.6) is 0 Å². The number of aromatic nitrogens is 5. The van der Waals surface area contributed by atoms with Gasteiger partial charge >= 0.3 is 0 Å². The third kappa shape index (κ3) is 3.59. The maximum atomic E-state index is 12.6. The van der Waals surface area contributed by atoms with Gasteiger partial charge in [-0.1, -0.05) is 0 Å². The predicted molar refractivity (Wildman–Crippen MR) is 102 cm³/mol. The molecule has 9 nitrogen and oxygen atoms in total. The summed E-state index contributed by atoms with van der Waals surface area (Å²) in [6, 6.07) is 4.05. The molecule has 4 rings (SSSR count). The van der Waals surface area contributed by atoms with Crippen molar-refractivity contribution in [2.75, 3.05) is 29.9 Å². The summed E-state index contributed by atoms with van der Waals surface area (Å²) in [4.78, 5) is 23.5. The monoisotopic (exact) mass is 366 g/mol. The van der Waals surface area contributed by atoms with Crippen molar-refractivity contribution >= 4 is 23.2 Å². The summed E-state index contributed by atoms with van der Waals surface area (Å²) in [5.74, 6) is 0.878. The van der Waals surface area contributed by atoms with Crippen LogP contribution in [-0.4, -0.2) is 56.1 Å². The molecular weight excluding hydrogens is 344 g/mol. The van der Waals surface area contributed by atoms with Gasteiger partial charge in [-0.05, 0) is 32.9 Å². The number of hydrogen-bond donors (Lipinski definition) is 2. The van der Waals surface area contributed by atoms with Crippen molar-refractivity contribution in [1.29, 1.82) is 0 Å². The van der Waals surface area contributed by atoms with E-state index in [1.54, 1.807) is 12.3 Å². The van der Waals surface area contributed by atoms with Gasteiger partial charge in [-0.15, -0.1) is 10.2 Å². The van der Waals surface area contributed by atoms with Crippen molar-refractivity contribution in [3.8, 4) is 0 Å². The lowest BCUT2D eigenvalue weighted by Gasteiger charge is -2.32. The first kappa shape index (κ1) is 17.3. The van der Waals surface area contributed by atoms with Crippen molar-refractivity contribution in [3.63, 3.8) is 0 Å². The molecule has 27 heavy (non-hydrogen) atoms. The summed E-state index contributed by atoms with van der Waals surface area (Å²) in [7, 11) is 0. The smallest absolute Gasteiger partial charge is 0.277 e. The van der Waals surface area contributed by atoms with Crippen LogP contribution in [0.2, 0.25) is 0 Å². The highest BCUT2D eigenvalue weighted by molar-refractivity contribution is 6.02. The number of aryl methyl sites for hydroxylation is 2. The third-order valence-corrected chi connectivity index (χ3v) is 4.54. The number of imidazole rings is 1. The molecular formula is C18H22N8O. The third-order valence-electron chi connectivity index (χ3n) is 4.54. The second-order valence-electron chi connectivity index (χ2n) is 6.86. The summed E-state index contributed by atoms with van der Waals surface area (Å²) in [6.07, 6.45) is 3.53. The Labute approximate surface area is 156 Å². The van der Waals surface area contributed by atoms with Crippen LogP contribution in [0.25, 0.3) is 5.65 Å². The first-order valence-corrected chi connectivity index (χ1v) is 8.96. The van der Waals surface area contributed by atoms with Crippen LogP contribution in [0, 0.1) is 13.8 Å². The number of amides is 1. The molecule has 0 aliphatic carbocycles. The predicted octanol–water partition coefficient (Wildman–Crippen LogP) is 1.19. The normalized spacial score (nSPS) is 17.3. The zero-order valence-corrected chi connectivity index (χ0v) is 15.6. The Morgan fingerprint density at radius 1 is 1.22 bits per heavy atom. The lowest BCUT2D eigenvalue weighted by molar-refractivity contribution is 0.102. The van der Waals surface area contributed by atoms with E-state index in [4.69, 9.17) is 0 Å². The van der Waals surface area contributed by atoms with Gasteiger partial charge in [0.05, 0.1) is 11.4 Å². The average molecular weight is 366 g/mol. The number of carbonyl (C=O) groups excluding carboxylic acids is 1. The van der Waals surface area contributed by atoms with Crippen LogP contribution in [0.3, 0.4) is 0 Å². The molecule has 3 aromatic heterocycles. The molecule has 1 fully saturated rings. The van der Waals surface area contributed by atoms with Gasteiger partial charge in [0.2, 0.25) is 0 Å². The molecule has 4 heterocycles. The fourth-order valence-corrected chi connectivity index (χ4v) is 3.26. The van der Waals surface area contributed by atoms with Gasteiger partial charge in [0, 0.05) is 38.1 Å². The first-order valence-electron chi connectivity index (χ1n) is 8.96. The summed E-state index contributed by atoms with van der Waals surface area (Å²) >= 11 is 0. The lowest BCUT2D eigenvalue weighted by atomic mass is 10.2. The van der Waals surface area contributed by atoms with E-state index in [-0.39, 0.29) is 5.91 Å². The number of piperazine rings is 1. The Kier molecular flexibility index (Phi) is 4.44. The quantitative estimate of drug-likeness (QED) is 0.718. The van der Waals surface area contributed by atoms with Gasteiger partial charge in [0.15, 0.2) is 17.3 Å². The molecule has 0 aromatic carbocycles. The molecule has 0 saturated carbocycles. The number of nitrogens with zero attached hydrogens (tertiary/aromatic N) is 6. The van der Waals surface area contributed by atoms with Crippen LogP contribution in [0.4, 0.5) is 11.6 Å². The SMILES string of the molecule is Cc1cn2cc(C(=O)Nc3ccc(N4CCNC(C)C4)nn3)nc(C)c2n1. The summed E-state index contributed by atoms with van der Waals surface area (Å²) in [5.41, 5.74) is 2.63. The maximum absolute atomic E-state index is 12.6. The number of carbonyl (C=O) groups is 1. The highest BCUT2D eigenvalue weighted by Crippen LogP contribution is 2.15. The molecule has 0 spiro atoms. The summed E-state index contributed by atoms with van der Waals surface area (Å²) in [5, 5.41) is 14.5. The molecule has 1 atom stereocenters. The van der Waals surface area contributed by atoms with Crippen LogP contribution in [-0.2, 0) is 0 Å². The Morgan fingerprint density at radius 2 is 2.07 bits per heavy atom. The summed E-state index contributed by atoms with van der Waals surface area (Å²) in [6.45, 7) is 8.57. The van der Waals surface area contributed by atoms with Crippen molar-refractivity contribution in [3.05, 3.63) is 41.6 Å². The standard InChI is InChI=1S/C18H22N8O/c1-11-8-25(7-6-19-11)16-5-4-15(23-24-16)22-18(27)14-10-26-9-12(2)20-17(26)13(3)21-14/h4-5,9-11,19H,6-8H2,1-3H3,(H,22,23,27). The molecule has 3 aromatic rings. The molecule has 1 saturated heterocycles. The number of rotatable bonds is 3. The van der Waals surface area contributed by atoms with Gasteiger partial charge in [0.1, 0.15) is 5.69 Å². The highest BCUT2D eigenvalue weighted by atomic mass is 16.2. The van der Waals surface area contributed by atoms with E-state index in [9.17, 15) is 4.79 Å². The van der Waals surface area contributed by atoms with Crippen LogP contribution in [0.15, 0.2) is 24.5 Å². The van der Waals surface area contributed by atoms with E-state index >= 15 is 0 Å². The highest BCUT2D eigenvalue weighted by Gasteiger charge is 2.18. The van der Waals surface area contributed by atoms with Gasteiger partial charge in [-0.25, -0.2) is 9.97 Å². The van der Waals surface area contributed by atoms with Crippen molar-refractivity contribution in [1.82, 2.24) is 29.9 Å². The number of anilines is 2. The number of nitrogens with one attached hydrogen (secondary N) is 2. The first-order chi connectivity index (χ1) is 13.0. The second kappa shape index (κ2) is 6.92. The van der Waals surface area contributed by atoms with Crippen LogP contribution in [0.1, 0.15) is 28.8 Å². The fourth-order valence-electron chi connectivity index (χ4n) is 3.26.